The molecule has 6 nitrogen and oxygen atoms in total. The van der Waals surface area contributed by atoms with Crippen LogP contribution >= 0.6 is 23.4 Å². The van der Waals surface area contributed by atoms with Crippen LogP contribution in [0.25, 0.3) is 0 Å². The normalized spacial score (nSPS) is 10.3. The van der Waals surface area contributed by atoms with Crippen LogP contribution in [-0.2, 0) is 0 Å². The molecule has 0 saturated carbocycles. The lowest BCUT2D eigenvalue weighted by Crippen LogP contribution is -2.20. The number of carbonyl (C=O) groups excluding carboxylic acids is 2. The van der Waals surface area contributed by atoms with Gasteiger partial charge in [-0.15, -0.1) is 11.8 Å². The molecule has 0 aliphatic heterocycles. The van der Waals surface area contributed by atoms with Crippen molar-refractivity contribution >= 4 is 46.7 Å². The van der Waals surface area contributed by atoms with Crippen LogP contribution in [-0.4, -0.2) is 28.0 Å². The molecule has 2 aromatic heterocycles. The molecule has 1 aromatic carbocycles. The van der Waals surface area contributed by atoms with Crippen molar-refractivity contribution in [2.45, 2.75) is 4.90 Å². The lowest BCUT2D eigenvalue weighted by Gasteiger charge is -2.14. The summed E-state index contributed by atoms with van der Waals surface area (Å²) in [6, 6.07) is 13.7. The molecule has 0 aliphatic rings. The highest BCUT2D eigenvalue weighted by Gasteiger charge is 2.19. The van der Waals surface area contributed by atoms with Crippen LogP contribution in [0.4, 0.5) is 11.5 Å². The average molecular weight is 399 g/mol. The maximum atomic E-state index is 12.7. The van der Waals surface area contributed by atoms with E-state index in [9.17, 15) is 9.59 Å². The van der Waals surface area contributed by atoms with Gasteiger partial charge in [0, 0.05) is 22.9 Å². The quantitative estimate of drug-likeness (QED) is 0.624. The van der Waals surface area contributed by atoms with E-state index in [2.05, 4.69) is 20.6 Å². The number of rotatable bonds is 5. The number of halogens is 1. The number of amides is 2. The molecule has 0 bridgehead atoms. The molecule has 3 rings (SSSR count). The lowest BCUT2D eigenvalue weighted by atomic mass is 10.2. The van der Waals surface area contributed by atoms with Crippen molar-refractivity contribution in [2.24, 2.45) is 0 Å². The largest absolute Gasteiger partial charge is 0.319 e. The first kappa shape index (κ1) is 18.9. The molecule has 0 radical (unpaired) electrons. The maximum Gasteiger partial charge on any atom is 0.277 e. The summed E-state index contributed by atoms with van der Waals surface area (Å²) in [6.07, 6.45) is 4.81. The Morgan fingerprint density at radius 3 is 2.41 bits per heavy atom. The fourth-order valence-corrected chi connectivity index (χ4v) is 2.97. The maximum absolute atomic E-state index is 12.7. The van der Waals surface area contributed by atoms with Crippen molar-refractivity contribution in [3.05, 3.63) is 77.2 Å². The minimum atomic E-state index is -0.482. The Kier molecular flexibility index (Phi) is 6.05. The van der Waals surface area contributed by atoms with E-state index in [-0.39, 0.29) is 11.6 Å². The Morgan fingerprint density at radius 2 is 1.74 bits per heavy atom. The third-order valence-electron chi connectivity index (χ3n) is 3.59. The minimum Gasteiger partial charge on any atom is -0.319 e. The zero-order valence-corrected chi connectivity index (χ0v) is 15.8. The molecular weight excluding hydrogens is 384 g/mol. The van der Waals surface area contributed by atoms with Crippen LogP contribution < -0.4 is 10.6 Å². The van der Waals surface area contributed by atoms with Gasteiger partial charge in [0.05, 0.1) is 10.7 Å². The first-order valence-electron chi connectivity index (χ1n) is 7.91. The average Bonchev–Trinajstić information content (AvgIpc) is 2.70. The summed E-state index contributed by atoms with van der Waals surface area (Å²) >= 11 is 7.21. The smallest absolute Gasteiger partial charge is 0.277 e. The number of hydrogen-bond donors (Lipinski definition) is 2. The van der Waals surface area contributed by atoms with E-state index in [1.54, 1.807) is 42.5 Å². The highest BCUT2D eigenvalue weighted by atomic mass is 35.5. The van der Waals surface area contributed by atoms with Crippen molar-refractivity contribution in [3.8, 4) is 0 Å². The second-order valence-corrected chi connectivity index (χ2v) is 6.66. The summed E-state index contributed by atoms with van der Waals surface area (Å²) in [4.78, 5) is 34.2. The molecule has 0 fully saturated rings. The summed E-state index contributed by atoms with van der Waals surface area (Å²) in [6.45, 7) is 0. The molecule has 2 heterocycles. The second kappa shape index (κ2) is 8.66. The molecule has 2 N–H and O–H groups in total. The van der Waals surface area contributed by atoms with Gasteiger partial charge in [-0.25, -0.2) is 9.97 Å². The van der Waals surface area contributed by atoms with E-state index in [1.165, 1.54) is 24.2 Å². The van der Waals surface area contributed by atoms with Gasteiger partial charge < -0.3 is 10.6 Å². The lowest BCUT2D eigenvalue weighted by molar-refractivity contribution is 0.102. The van der Waals surface area contributed by atoms with Crippen molar-refractivity contribution in [2.75, 3.05) is 16.9 Å². The predicted molar refractivity (Wildman–Crippen MR) is 108 cm³/mol. The van der Waals surface area contributed by atoms with Crippen LogP contribution in [0.15, 0.2) is 65.8 Å². The highest BCUT2D eigenvalue weighted by molar-refractivity contribution is 7.98. The molecule has 0 unspecified atom stereocenters. The third-order valence-corrected chi connectivity index (χ3v) is 4.59. The van der Waals surface area contributed by atoms with Gasteiger partial charge in [-0.1, -0.05) is 29.8 Å². The van der Waals surface area contributed by atoms with Crippen molar-refractivity contribution in [1.82, 2.24) is 9.97 Å². The fourth-order valence-electron chi connectivity index (χ4n) is 2.31. The second-order valence-electron chi connectivity index (χ2n) is 5.37. The molecular formula is C19H15ClN4O2S. The Balaban J connectivity index is 1.90. The van der Waals surface area contributed by atoms with E-state index < -0.39 is 5.91 Å². The number of thioether (sulfide) groups is 1. The highest BCUT2D eigenvalue weighted by Crippen LogP contribution is 2.28. The Labute approximate surface area is 165 Å². The van der Waals surface area contributed by atoms with Crippen LogP contribution in [0.5, 0.6) is 0 Å². The molecule has 8 heteroatoms. The molecule has 0 atom stereocenters. The molecule has 0 spiro atoms. The van der Waals surface area contributed by atoms with E-state index in [4.69, 9.17) is 11.6 Å². The molecule has 136 valence electrons. The number of hydrogen-bond acceptors (Lipinski definition) is 5. The van der Waals surface area contributed by atoms with Crippen LogP contribution in [0, 0.1) is 0 Å². The molecule has 0 aliphatic carbocycles. The van der Waals surface area contributed by atoms with Crippen molar-refractivity contribution in [3.63, 3.8) is 0 Å². The van der Waals surface area contributed by atoms with Crippen LogP contribution in [0.2, 0.25) is 5.02 Å². The van der Waals surface area contributed by atoms with Crippen molar-refractivity contribution < 1.29 is 9.59 Å². The number of aromatic nitrogens is 2. The van der Waals surface area contributed by atoms with Gasteiger partial charge >= 0.3 is 0 Å². The molecule has 27 heavy (non-hydrogen) atoms. The van der Waals surface area contributed by atoms with E-state index in [0.29, 0.717) is 22.1 Å². The van der Waals surface area contributed by atoms with E-state index >= 15 is 0 Å². The van der Waals surface area contributed by atoms with Gasteiger partial charge in [-0.3, -0.25) is 9.59 Å². The summed E-state index contributed by atoms with van der Waals surface area (Å²) in [5.41, 5.74) is 0.937. The van der Waals surface area contributed by atoms with Crippen LogP contribution in [0.3, 0.4) is 0 Å². The summed E-state index contributed by atoms with van der Waals surface area (Å²) in [7, 11) is 0. The number of carbonyl (C=O) groups is 2. The predicted octanol–water partition coefficient (Wildman–Crippen LogP) is 4.36. The number of pyridine rings is 2. The molecule has 0 saturated heterocycles. The topological polar surface area (TPSA) is 84.0 Å². The SMILES string of the molecule is CSc1ccnc(C(=O)Nc2ccc(Cl)cn2)c1NC(=O)c1ccccc1. The Morgan fingerprint density at radius 1 is 0.963 bits per heavy atom. The zero-order valence-electron chi connectivity index (χ0n) is 14.3. The van der Waals surface area contributed by atoms with Crippen LogP contribution in [0.1, 0.15) is 20.8 Å². The van der Waals surface area contributed by atoms with E-state index in [0.717, 1.165) is 4.90 Å². The standard InChI is InChI=1S/C19H15ClN4O2S/c1-27-14-9-10-21-17(19(26)23-15-8-7-13(20)11-22-15)16(14)24-18(25)12-5-3-2-4-6-12/h2-11H,1H3,(H,24,25)(H,22,23,26). The number of anilines is 2. The fraction of sp³-hybridized carbons (Fsp3) is 0.0526. The number of benzene rings is 1. The summed E-state index contributed by atoms with van der Waals surface area (Å²) in [5.74, 6) is -0.470. The Bertz CT molecular complexity index is 965. The third kappa shape index (κ3) is 4.64. The van der Waals surface area contributed by atoms with Crippen molar-refractivity contribution in [1.29, 1.82) is 0 Å². The molecule has 2 amide bonds. The first-order chi connectivity index (χ1) is 13.1. The van der Waals surface area contributed by atoms with Gasteiger partial charge in [-0.2, -0.15) is 0 Å². The summed E-state index contributed by atoms with van der Waals surface area (Å²) in [5, 5.41) is 5.92. The summed E-state index contributed by atoms with van der Waals surface area (Å²) < 4.78 is 0. The monoisotopic (exact) mass is 398 g/mol. The van der Waals surface area contributed by atoms with Gasteiger partial charge in [0.2, 0.25) is 0 Å². The zero-order chi connectivity index (χ0) is 19.2. The molecule has 3 aromatic rings. The number of nitrogens with zero attached hydrogens (tertiary/aromatic N) is 2. The first-order valence-corrected chi connectivity index (χ1v) is 9.51. The van der Waals surface area contributed by atoms with Gasteiger partial charge in [-0.05, 0) is 36.6 Å². The number of nitrogens with one attached hydrogen (secondary N) is 2. The van der Waals surface area contributed by atoms with Gasteiger partial charge in [0.15, 0.2) is 5.69 Å². The minimum absolute atomic E-state index is 0.0999. The van der Waals surface area contributed by atoms with Gasteiger partial charge in [0.25, 0.3) is 11.8 Å². The van der Waals surface area contributed by atoms with Gasteiger partial charge in [0.1, 0.15) is 5.82 Å². The van der Waals surface area contributed by atoms with E-state index in [1.807, 2.05) is 12.3 Å². The Hall–Kier alpha value is -2.90.